The van der Waals surface area contributed by atoms with Gasteiger partial charge in [0.2, 0.25) is 5.91 Å². The average Bonchev–Trinajstić information content (AvgIpc) is 2.50. The third kappa shape index (κ3) is 2.71. The second-order valence-electron chi connectivity index (χ2n) is 8.03. The van der Waals surface area contributed by atoms with E-state index in [0.717, 1.165) is 37.7 Å². The number of primary amides is 1. The maximum atomic E-state index is 12.8. The standard InChI is InChI=1S/C19H22ClNO3/c20-19-8-13-5-14(9-19)7-18(6-13,11-19)17(23)24-10-12-1-3-15(4-2-12)16(21)22/h1-4,13-14H,5-11H2,(H2,21,22)/t13-,14-,18?,19?/m1/s1. The minimum Gasteiger partial charge on any atom is -0.460 e. The third-order valence-corrected chi connectivity index (χ3v) is 6.47. The van der Waals surface area contributed by atoms with Gasteiger partial charge in [0.1, 0.15) is 6.61 Å². The second kappa shape index (κ2) is 5.48. The molecule has 1 aromatic carbocycles. The maximum Gasteiger partial charge on any atom is 0.312 e. The number of halogens is 1. The average molecular weight is 348 g/mol. The predicted octanol–water partition coefficient (Wildman–Crippen LogP) is 3.41. The Labute approximate surface area is 146 Å². The molecule has 24 heavy (non-hydrogen) atoms. The van der Waals surface area contributed by atoms with E-state index in [9.17, 15) is 9.59 Å². The first kappa shape index (κ1) is 15.9. The van der Waals surface area contributed by atoms with Gasteiger partial charge in [-0.25, -0.2) is 0 Å². The van der Waals surface area contributed by atoms with Crippen LogP contribution in [0.4, 0.5) is 0 Å². The van der Waals surface area contributed by atoms with Gasteiger partial charge in [-0.2, -0.15) is 0 Å². The Balaban J connectivity index is 1.44. The first-order valence-corrected chi connectivity index (χ1v) is 9.00. The Bertz CT molecular complexity index is 670. The Hall–Kier alpha value is -1.55. The first-order chi connectivity index (χ1) is 11.4. The van der Waals surface area contributed by atoms with Crippen molar-refractivity contribution in [3.05, 3.63) is 35.4 Å². The molecule has 128 valence electrons. The van der Waals surface area contributed by atoms with Gasteiger partial charge in [-0.1, -0.05) is 12.1 Å². The molecule has 4 nitrogen and oxygen atoms in total. The summed E-state index contributed by atoms with van der Waals surface area (Å²) in [5.41, 5.74) is 6.17. The van der Waals surface area contributed by atoms with E-state index in [2.05, 4.69) is 0 Å². The fourth-order valence-corrected chi connectivity index (χ4v) is 6.15. The normalized spacial score (nSPS) is 36.5. The molecule has 5 heteroatoms. The van der Waals surface area contributed by atoms with Gasteiger partial charge >= 0.3 is 5.97 Å². The van der Waals surface area contributed by atoms with E-state index in [1.165, 1.54) is 6.42 Å². The molecule has 4 aliphatic rings. The SMILES string of the molecule is NC(=O)c1ccc(COC(=O)C23C[C@H]4C[C@@H](CC(Cl)(C4)C2)C3)cc1. The van der Waals surface area contributed by atoms with E-state index < -0.39 is 5.91 Å². The number of amides is 1. The third-order valence-electron chi connectivity index (χ3n) is 6.03. The first-order valence-electron chi connectivity index (χ1n) is 8.62. The highest BCUT2D eigenvalue weighted by Gasteiger charge is 2.60. The van der Waals surface area contributed by atoms with Gasteiger partial charge in [-0.15, -0.1) is 11.6 Å². The number of rotatable bonds is 4. The van der Waals surface area contributed by atoms with Gasteiger partial charge in [0.15, 0.2) is 0 Å². The van der Waals surface area contributed by atoms with Gasteiger partial charge in [0, 0.05) is 10.4 Å². The van der Waals surface area contributed by atoms with Gasteiger partial charge in [0.25, 0.3) is 0 Å². The molecule has 0 aliphatic heterocycles. The predicted molar refractivity (Wildman–Crippen MR) is 90.5 cm³/mol. The second-order valence-corrected chi connectivity index (χ2v) is 8.83. The van der Waals surface area contributed by atoms with Gasteiger partial charge in [-0.05, 0) is 68.1 Å². The molecule has 0 spiro atoms. The van der Waals surface area contributed by atoms with Crippen molar-refractivity contribution in [1.29, 1.82) is 0 Å². The Morgan fingerprint density at radius 3 is 2.29 bits per heavy atom. The lowest BCUT2D eigenvalue weighted by molar-refractivity contribution is -0.171. The van der Waals surface area contributed by atoms with E-state index in [1.54, 1.807) is 24.3 Å². The summed E-state index contributed by atoms with van der Waals surface area (Å²) in [6.07, 6.45) is 5.93. The van der Waals surface area contributed by atoms with E-state index >= 15 is 0 Å². The summed E-state index contributed by atoms with van der Waals surface area (Å²) >= 11 is 6.78. The number of hydrogen-bond donors (Lipinski definition) is 1. The largest absolute Gasteiger partial charge is 0.460 e. The van der Waals surface area contributed by atoms with Crippen LogP contribution in [-0.2, 0) is 16.1 Å². The Morgan fingerprint density at radius 1 is 1.12 bits per heavy atom. The van der Waals surface area contributed by atoms with E-state index in [-0.39, 0.29) is 22.9 Å². The molecule has 0 aromatic heterocycles. The molecule has 4 saturated carbocycles. The number of carbonyl (C=O) groups excluding carboxylic acids is 2. The minimum atomic E-state index is -0.459. The van der Waals surface area contributed by atoms with E-state index in [0.29, 0.717) is 17.4 Å². The summed E-state index contributed by atoms with van der Waals surface area (Å²) in [7, 11) is 0. The Kier molecular flexibility index (Phi) is 3.64. The zero-order valence-corrected chi connectivity index (χ0v) is 14.3. The topological polar surface area (TPSA) is 69.4 Å². The van der Waals surface area contributed by atoms with Crippen LogP contribution in [-0.4, -0.2) is 16.8 Å². The van der Waals surface area contributed by atoms with Crippen LogP contribution < -0.4 is 5.73 Å². The highest BCUT2D eigenvalue weighted by atomic mass is 35.5. The molecular weight excluding hydrogens is 326 g/mol. The van der Waals surface area contributed by atoms with Crippen molar-refractivity contribution in [3.63, 3.8) is 0 Å². The molecule has 4 fully saturated rings. The highest BCUT2D eigenvalue weighted by Crippen LogP contribution is 2.64. The molecule has 4 bridgehead atoms. The molecule has 5 rings (SSSR count). The quantitative estimate of drug-likeness (QED) is 0.670. The summed E-state index contributed by atoms with van der Waals surface area (Å²) in [6, 6.07) is 6.86. The summed E-state index contributed by atoms with van der Waals surface area (Å²) in [5, 5.41) is 0. The summed E-state index contributed by atoms with van der Waals surface area (Å²) in [6.45, 7) is 0.226. The van der Waals surface area contributed by atoms with Gasteiger partial charge in [0.05, 0.1) is 5.41 Å². The molecule has 1 aromatic rings. The summed E-state index contributed by atoms with van der Waals surface area (Å²) < 4.78 is 5.64. The molecule has 2 atom stereocenters. The van der Waals surface area contributed by atoms with Gasteiger partial charge in [-0.3, -0.25) is 9.59 Å². The van der Waals surface area contributed by atoms with E-state index in [1.807, 2.05) is 0 Å². The fourth-order valence-electron chi connectivity index (χ4n) is 5.46. The van der Waals surface area contributed by atoms with Crippen molar-refractivity contribution < 1.29 is 14.3 Å². The lowest BCUT2D eigenvalue weighted by Gasteiger charge is -2.58. The monoisotopic (exact) mass is 347 g/mol. The Morgan fingerprint density at radius 2 is 1.75 bits per heavy atom. The number of nitrogens with two attached hydrogens (primary N) is 1. The van der Waals surface area contributed by atoms with Crippen molar-refractivity contribution in [2.45, 2.75) is 50.0 Å². The van der Waals surface area contributed by atoms with Gasteiger partial charge < -0.3 is 10.5 Å². The fraction of sp³-hybridized carbons (Fsp3) is 0.579. The van der Waals surface area contributed by atoms with Crippen LogP contribution in [0.3, 0.4) is 0 Å². The van der Waals surface area contributed by atoms with Crippen molar-refractivity contribution in [2.24, 2.45) is 23.0 Å². The summed E-state index contributed by atoms with van der Waals surface area (Å²) in [5.74, 6) is 0.595. The molecular formula is C19H22ClNO3. The molecule has 0 unspecified atom stereocenters. The number of ether oxygens (including phenoxy) is 1. The zero-order valence-electron chi connectivity index (χ0n) is 13.6. The van der Waals surface area contributed by atoms with Crippen molar-refractivity contribution >= 4 is 23.5 Å². The van der Waals surface area contributed by atoms with Crippen molar-refractivity contribution in [3.8, 4) is 0 Å². The summed E-state index contributed by atoms with van der Waals surface area (Å²) in [4.78, 5) is 23.7. The minimum absolute atomic E-state index is 0.0967. The van der Waals surface area contributed by atoms with Crippen LogP contribution in [0.2, 0.25) is 0 Å². The lowest BCUT2D eigenvalue weighted by atomic mass is 9.49. The van der Waals surface area contributed by atoms with Crippen LogP contribution in [0.5, 0.6) is 0 Å². The molecule has 1 amide bonds. The van der Waals surface area contributed by atoms with Crippen LogP contribution in [0.1, 0.15) is 54.4 Å². The smallest absolute Gasteiger partial charge is 0.312 e. The number of alkyl halides is 1. The number of esters is 1. The van der Waals surface area contributed by atoms with Crippen molar-refractivity contribution in [1.82, 2.24) is 0 Å². The molecule has 4 aliphatic carbocycles. The molecule has 0 heterocycles. The zero-order chi connectivity index (χ0) is 16.9. The highest BCUT2D eigenvalue weighted by molar-refractivity contribution is 6.24. The maximum absolute atomic E-state index is 12.8. The number of carbonyl (C=O) groups is 2. The number of benzene rings is 1. The van der Waals surface area contributed by atoms with Crippen LogP contribution >= 0.6 is 11.6 Å². The molecule has 0 saturated heterocycles. The van der Waals surface area contributed by atoms with Crippen LogP contribution in [0.15, 0.2) is 24.3 Å². The molecule has 0 radical (unpaired) electrons. The lowest BCUT2D eigenvalue weighted by Crippen LogP contribution is -2.56. The molecule has 2 N–H and O–H groups in total. The van der Waals surface area contributed by atoms with Crippen LogP contribution in [0, 0.1) is 17.3 Å². The van der Waals surface area contributed by atoms with Crippen molar-refractivity contribution in [2.75, 3.05) is 0 Å². The number of hydrogen-bond acceptors (Lipinski definition) is 3. The van der Waals surface area contributed by atoms with E-state index in [4.69, 9.17) is 22.1 Å². The van der Waals surface area contributed by atoms with Crippen LogP contribution in [0.25, 0.3) is 0 Å².